The molecule has 3 heteroatoms. The summed E-state index contributed by atoms with van der Waals surface area (Å²) in [6, 6.07) is 6.04. The minimum atomic E-state index is -0.297. The molecule has 0 aromatic heterocycles. The molecule has 1 aromatic carbocycles. The number of halogens is 1. The van der Waals surface area contributed by atoms with Crippen molar-refractivity contribution in [3.8, 4) is 0 Å². The Morgan fingerprint density at radius 1 is 1.00 bits per heavy atom. The van der Waals surface area contributed by atoms with Crippen LogP contribution in [-0.2, 0) is 0 Å². The van der Waals surface area contributed by atoms with Gasteiger partial charge in [-0.25, -0.2) is 4.39 Å². The minimum Gasteiger partial charge on any atom is -0.292 e. The number of hydrogen-bond acceptors (Lipinski definition) is 2. The summed E-state index contributed by atoms with van der Waals surface area (Å²) in [5.41, 5.74) is 0.365. The average Bonchev–Trinajstić information content (AvgIpc) is 3.10. The van der Waals surface area contributed by atoms with E-state index in [1.165, 1.54) is 25.0 Å². The molecule has 1 aliphatic carbocycles. The maximum absolute atomic E-state index is 13.0. The number of hydrogen-bond donors (Lipinski definition) is 0. The highest BCUT2D eigenvalue weighted by Gasteiger charge is 2.46. The van der Waals surface area contributed by atoms with Crippen LogP contribution in [0.4, 0.5) is 4.39 Å². The summed E-state index contributed by atoms with van der Waals surface area (Å²) in [6.07, 6.45) is 6.57. The molecule has 102 valence electrons. The normalized spacial score (nSPS) is 22.8. The number of benzene rings is 1. The molecule has 0 spiro atoms. The van der Waals surface area contributed by atoms with Crippen molar-refractivity contribution in [3.63, 3.8) is 0 Å². The summed E-state index contributed by atoms with van der Waals surface area (Å²) >= 11 is 0. The molecule has 1 aromatic rings. The van der Waals surface area contributed by atoms with Crippen LogP contribution in [0.1, 0.15) is 48.9 Å². The molecule has 1 heterocycles. The van der Waals surface area contributed by atoms with E-state index in [9.17, 15) is 9.18 Å². The van der Waals surface area contributed by atoms with E-state index >= 15 is 0 Å². The Labute approximate surface area is 113 Å². The van der Waals surface area contributed by atoms with E-state index in [0.717, 1.165) is 38.8 Å². The van der Waals surface area contributed by atoms with Crippen LogP contribution in [0, 0.1) is 5.82 Å². The molecule has 3 rings (SSSR count). The fraction of sp³-hybridized carbons (Fsp3) is 0.562. The molecule has 0 N–H and O–H groups in total. The number of likely N-dealkylation sites (tertiary alicyclic amines) is 1. The van der Waals surface area contributed by atoms with Crippen LogP contribution in [-0.4, -0.2) is 29.3 Å². The predicted molar refractivity (Wildman–Crippen MR) is 72.7 cm³/mol. The third-order valence-corrected chi connectivity index (χ3v) is 4.67. The molecule has 0 radical (unpaired) electrons. The van der Waals surface area contributed by atoms with Gasteiger partial charge < -0.3 is 0 Å². The van der Waals surface area contributed by atoms with Gasteiger partial charge in [-0.1, -0.05) is 12.8 Å². The zero-order valence-corrected chi connectivity index (χ0v) is 11.2. The van der Waals surface area contributed by atoms with Gasteiger partial charge in [0.05, 0.1) is 5.54 Å². The van der Waals surface area contributed by atoms with Crippen LogP contribution in [0.2, 0.25) is 0 Å². The highest BCUT2D eigenvalue weighted by atomic mass is 19.1. The number of carbonyl (C=O) groups is 1. The van der Waals surface area contributed by atoms with Crippen molar-refractivity contribution in [1.82, 2.24) is 4.90 Å². The second kappa shape index (κ2) is 5.04. The Morgan fingerprint density at radius 2 is 1.58 bits per heavy atom. The fourth-order valence-corrected chi connectivity index (χ4v) is 3.66. The summed E-state index contributed by atoms with van der Waals surface area (Å²) < 4.78 is 13.0. The number of ketones is 1. The topological polar surface area (TPSA) is 20.3 Å². The Kier molecular flexibility index (Phi) is 3.40. The van der Waals surface area contributed by atoms with Gasteiger partial charge in [0.2, 0.25) is 0 Å². The summed E-state index contributed by atoms with van der Waals surface area (Å²) in [6.45, 7) is 2.07. The van der Waals surface area contributed by atoms with E-state index in [4.69, 9.17) is 0 Å². The van der Waals surface area contributed by atoms with Crippen LogP contribution in [0.25, 0.3) is 0 Å². The average molecular weight is 261 g/mol. The summed E-state index contributed by atoms with van der Waals surface area (Å²) in [5.74, 6) is -0.0786. The first kappa shape index (κ1) is 12.8. The highest BCUT2D eigenvalue weighted by molar-refractivity contribution is 6.03. The maximum Gasteiger partial charge on any atom is 0.183 e. The molecule has 0 amide bonds. The molecule has 2 fully saturated rings. The van der Waals surface area contributed by atoms with E-state index in [-0.39, 0.29) is 17.1 Å². The molecule has 2 nitrogen and oxygen atoms in total. The van der Waals surface area contributed by atoms with Gasteiger partial charge in [0.25, 0.3) is 0 Å². The van der Waals surface area contributed by atoms with Crippen molar-refractivity contribution in [2.75, 3.05) is 13.1 Å². The smallest absolute Gasteiger partial charge is 0.183 e. The fourth-order valence-electron chi connectivity index (χ4n) is 3.66. The van der Waals surface area contributed by atoms with Gasteiger partial charge in [-0.2, -0.15) is 0 Å². The van der Waals surface area contributed by atoms with Crippen LogP contribution in [0.5, 0.6) is 0 Å². The lowest BCUT2D eigenvalue weighted by Crippen LogP contribution is -2.51. The SMILES string of the molecule is O=C(c1ccc(F)cc1)C1(N2CCCC2)CCCC1. The van der Waals surface area contributed by atoms with Gasteiger partial charge in [0.1, 0.15) is 5.82 Å². The van der Waals surface area contributed by atoms with Gasteiger partial charge in [0.15, 0.2) is 5.78 Å². The van der Waals surface area contributed by atoms with Crippen molar-refractivity contribution >= 4 is 5.78 Å². The number of Topliss-reactive ketones (excluding diaryl/α,β-unsaturated/α-hetero) is 1. The summed E-state index contributed by atoms with van der Waals surface area (Å²) in [4.78, 5) is 15.3. The molecule has 0 bridgehead atoms. The molecule has 19 heavy (non-hydrogen) atoms. The van der Waals surface area contributed by atoms with Crippen LogP contribution in [0.15, 0.2) is 24.3 Å². The van der Waals surface area contributed by atoms with Crippen molar-refractivity contribution in [3.05, 3.63) is 35.6 Å². The largest absolute Gasteiger partial charge is 0.292 e. The summed E-state index contributed by atoms with van der Waals surface area (Å²) in [5, 5.41) is 0. The van der Waals surface area contributed by atoms with Gasteiger partial charge in [0, 0.05) is 5.56 Å². The van der Waals surface area contributed by atoms with Crippen molar-refractivity contribution in [2.24, 2.45) is 0 Å². The Bertz CT molecular complexity index is 456. The van der Waals surface area contributed by atoms with Gasteiger partial charge in [-0.05, 0) is 63.0 Å². The molecular formula is C16H20FNO. The first-order valence-electron chi connectivity index (χ1n) is 7.28. The molecule has 1 aliphatic heterocycles. The second-order valence-corrected chi connectivity index (χ2v) is 5.77. The molecule has 1 saturated heterocycles. The van der Waals surface area contributed by atoms with E-state index < -0.39 is 0 Å². The lowest BCUT2D eigenvalue weighted by Gasteiger charge is -2.37. The minimum absolute atomic E-state index is 0.201. The quantitative estimate of drug-likeness (QED) is 0.777. The van der Waals surface area contributed by atoms with Crippen LogP contribution < -0.4 is 0 Å². The molecule has 2 aliphatic rings. The monoisotopic (exact) mass is 261 g/mol. The van der Waals surface area contributed by atoms with Crippen LogP contribution in [0.3, 0.4) is 0 Å². The second-order valence-electron chi connectivity index (χ2n) is 5.77. The van der Waals surface area contributed by atoms with Crippen molar-refractivity contribution in [1.29, 1.82) is 0 Å². The summed E-state index contributed by atoms with van der Waals surface area (Å²) in [7, 11) is 0. The van der Waals surface area contributed by atoms with Crippen molar-refractivity contribution in [2.45, 2.75) is 44.1 Å². The van der Waals surface area contributed by atoms with Gasteiger partial charge in [-0.15, -0.1) is 0 Å². The lowest BCUT2D eigenvalue weighted by atomic mass is 9.86. The number of carbonyl (C=O) groups excluding carboxylic acids is 1. The van der Waals surface area contributed by atoms with E-state index in [1.807, 2.05) is 0 Å². The lowest BCUT2D eigenvalue weighted by molar-refractivity contribution is 0.0626. The zero-order valence-electron chi connectivity index (χ0n) is 11.2. The zero-order chi connectivity index (χ0) is 13.3. The first-order chi connectivity index (χ1) is 9.22. The first-order valence-corrected chi connectivity index (χ1v) is 7.28. The Hall–Kier alpha value is -1.22. The molecule has 0 unspecified atom stereocenters. The third-order valence-electron chi connectivity index (χ3n) is 4.67. The third kappa shape index (κ3) is 2.20. The maximum atomic E-state index is 13.0. The highest BCUT2D eigenvalue weighted by Crippen LogP contribution is 2.39. The van der Waals surface area contributed by atoms with Crippen molar-refractivity contribution < 1.29 is 9.18 Å². The Balaban J connectivity index is 1.91. The van der Waals surface area contributed by atoms with Gasteiger partial charge >= 0.3 is 0 Å². The molecule has 0 atom stereocenters. The molecule has 1 saturated carbocycles. The van der Waals surface area contributed by atoms with Crippen LogP contribution >= 0.6 is 0 Å². The van der Waals surface area contributed by atoms with E-state index in [2.05, 4.69) is 4.90 Å². The predicted octanol–water partition coefficient (Wildman–Crippen LogP) is 3.42. The van der Waals surface area contributed by atoms with Gasteiger partial charge in [-0.3, -0.25) is 9.69 Å². The van der Waals surface area contributed by atoms with E-state index in [0.29, 0.717) is 5.56 Å². The number of nitrogens with zero attached hydrogens (tertiary/aromatic N) is 1. The van der Waals surface area contributed by atoms with E-state index in [1.54, 1.807) is 12.1 Å². The number of rotatable bonds is 3. The Morgan fingerprint density at radius 3 is 2.16 bits per heavy atom. The standard InChI is InChI=1S/C16H20FNO/c17-14-7-5-13(6-8-14)15(19)16(9-1-2-10-16)18-11-3-4-12-18/h5-8H,1-4,9-12H2. The molecular weight excluding hydrogens is 241 g/mol.